The molecule has 1 spiro atoms. The summed E-state index contributed by atoms with van der Waals surface area (Å²) < 4.78 is 23.0. The summed E-state index contributed by atoms with van der Waals surface area (Å²) in [6, 6.07) is 8.54. The number of fused-ring (bicyclic) bond motifs is 1. The number of hydrogen-bond acceptors (Lipinski definition) is 7. The van der Waals surface area contributed by atoms with Crippen molar-refractivity contribution in [2.45, 2.75) is 32.5 Å². The zero-order chi connectivity index (χ0) is 23.9. The summed E-state index contributed by atoms with van der Waals surface area (Å²) in [6.07, 6.45) is 1.42. The van der Waals surface area contributed by atoms with E-state index in [0.29, 0.717) is 5.56 Å². The largest absolute Gasteiger partial charge is 0.496 e. The molecule has 1 heterocycles. The van der Waals surface area contributed by atoms with Crippen LogP contribution in [0.1, 0.15) is 46.5 Å². The van der Waals surface area contributed by atoms with Crippen molar-refractivity contribution in [2.75, 3.05) is 14.2 Å². The molecule has 0 unspecified atom stereocenters. The first-order valence-electron chi connectivity index (χ1n) is 10.4. The van der Waals surface area contributed by atoms with Gasteiger partial charge in [-0.05, 0) is 12.5 Å². The van der Waals surface area contributed by atoms with Gasteiger partial charge in [-0.3, -0.25) is 14.4 Å². The highest BCUT2D eigenvalue weighted by Crippen LogP contribution is 2.54. The molecule has 2 aromatic rings. The molecule has 0 saturated carbocycles. The predicted molar refractivity (Wildman–Crippen MR) is 120 cm³/mol. The summed E-state index contributed by atoms with van der Waals surface area (Å²) in [5.74, 6) is -0.270. The molecule has 0 radical (unpaired) electrons. The highest BCUT2D eigenvalue weighted by Gasteiger charge is 2.59. The van der Waals surface area contributed by atoms with Gasteiger partial charge in [0, 0.05) is 30.0 Å². The molecular weight excluding hydrogens is 448 g/mol. The molecule has 0 amide bonds. The minimum atomic E-state index is -1.51. The molecular formula is C25H23ClO7. The van der Waals surface area contributed by atoms with Gasteiger partial charge < -0.3 is 18.9 Å². The van der Waals surface area contributed by atoms with Gasteiger partial charge in [0.05, 0.1) is 14.2 Å². The van der Waals surface area contributed by atoms with E-state index in [0.717, 1.165) is 5.56 Å². The van der Waals surface area contributed by atoms with E-state index in [4.69, 9.17) is 30.5 Å². The number of Topliss-reactive ketones (excluding diaryl/α,β-unsaturated/α-hetero) is 2. The van der Waals surface area contributed by atoms with E-state index in [1.807, 2.05) is 0 Å². The van der Waals surface area contributed by atoms with Crippen molar-refractivity contribution in [3.05, 3.63) is 63.9 Å². The van der Waals surface area contributed by atoms with Crippen LogP contribution in [0.5, 0.6) is 17.2 Å². The van der Waals surface area contributed by atoms with Gasteiger partial charge >= 0.3 is 0 Å². The SMILES string of the molecule is COC1=CC(=O)C[C@@H](C)[C@]12Oc1c(Cl)c(OC)cc(OCc3ccc(C(C)=O)cc3)c1C2=O. The number of methoxy groups -OCH3 is 2. The van der Waals surface area contributed by atoms with Crippen molar-refractivity contribution < 1.29 is 33.3 Å². The van der Waals surface area contributed by atoms with Gasteiger partial charge in [0.2, 0.25) is 11.4 Å². The number of rotatable bonds is 6. The lowest BCUT2D eigenvalue weighted by Crippen LogP contribution is -2.51. The number of ether oxygens (including phenoxy) is 4. The summed E-state index contributed by atoms with van der Waals surface area (Å²) >= 11 is 6.51. The van der Waals surface area contributed by atoms with Crippen molar-refractivity contribution >= 4 is 29.0 Å². The zero-order valence-corrected chi connectivity index (χ0v) is 19.4. The number of ketones is 3. The molecule has 2 aliphatic rings. The van der Waals surface area contributed by atoms with E-state index in [1.54, 1.807) is 37.3 Å². The Balaban J connectivity index is 1.75. The Hall–Kier alpha value is -3.32. The Labute approximate surface area is 196 Å². The second-order valence-corrected chi connectivity index (χ2v) is 8.47. The van der Waals surface area contributed by atoms with Crippen LogP contribution >= 0.6 is 11.6 Å². The molecule has 8 heteroatoms. The fraction of sp³-hybridized carbons (Fsp3) is 0.320. The monoisotopic (exact) mass is 470 g/mol. The number of hydrogen-bond donors (Lipinski definition) is 0. The third kappa shape index (κ3) is 3.66. The second-order valence-electron chi connectivity index (χ2n) is 8.09. The zero-order valence-electron chi connectivity index (χ0n) is 18.7. The third-order valence-electron chi connectivity index (χ3n) is 6.03. The van der Waals surface area contributed by atoms with Gasteiger partial charge in [-0.15, -0.1) is 0 Å². The number of allylic oxidation sites excluding steroid dienone is 1. The fourth-order valence-electron chi connectivity index (χ4n) is 4.25. The van der Waals surface area contributed by atoms with Crippen molar-refractivity contribution in [1.82, 2.24) is 0 Å². The number of halogens is 1. The molecule has 2 atom stereocenters. The lowest BCUT2D eigenvalue weighted by atomic mass is 9.75. The van der Waals surface area contributed by atoms with Crippen LogP contribution < -0.4 is 14.2 Å². The Bertz CT molecular complexity index is 1180. The molecule has 1 aliphatic heterocycles. The smallest absolute Gasteiger partial charge is 0.231 e. The Morgan fingerprint density at radius 3 is 2.45 bits per heavy atom. The van der Waals surface area contributed by atoms with Gasteiger partial charge in [-0.1, -0.05) is 42.8 Å². The van der Waals surface area contributed by atoms with Crippen LogP contribution in [0, 0.1) is 5.92 Å². The van der Waals surface area contributed by atoms with Gasteiger partial charge in [0.1, 0.15) is 28.7 Å². The third-order valence-corrected chi connectivity index (χ3v) is 6.39. The lowest BCUT2D eigenvalue weighted by molar-refractivity contribution is -0.118. The molecule has 0 N–H and O–H groups in total. The number of carbonyl (C=O) groups excluding carboxylic acids is 3. The van der Waals surface area contributed by atoms with Crippen LogP contribution in [-0.2, 0) is 16.1 Å². The van der Waals surface area contributed by atoms with Crippen molar-refractivity contribution in [1.29, 1.82) is 0 Å². The maximum atomic E-state index is 13.8. The van der Waals surface area contributed by atoms with E-state index in [-0.39, 0.29) is 58.2 Å². The normalized spacial score (nSPS) is 21.4. The van der Waals surface area contributed by atoms with Crippen LogP contribution in [0.15, 0.2) is 42.2 Å². The van der Waals surface area contributed by atoms with Crippen LogP contribution in [0.4, 0.5) is 0 Å². The Kier molecular flexibility index (Phi) is 5.93. The van der Waals surface area contributed by atoms with Crippen LogP contribution in [0.2, 0.25) is 5.02 Å². The van der Waals surface area contributed by atoms with Gasteiger partial charge in [0.25, 0.3) is 0 Å². The summed E-state index contributed by atoms with van der Waals surface area (Å²) in [7, 11) is 2.84. The minimum absolute atomic E-state index is 0.0298. The Morgan fingerprint density at radius 1 is 1.15 bits per heavy atom. The van der Waals surface area contributed by atoms with E-state index in [2.05, 4.69) is 0 Å². The maximum Gasteiger partial charge on any atom is 0.231 e. The van der Waals surface area contributed by atoms with E-state index >= 15 is 0 Å². The molecule has 33 heavy (non-hydrogen) atoms. The summed E-state index contributed by atoms with van der Waals surface area (Å²) in [6.45, 7) is 3.39. The number of carbonyl (C=O) groups is 3. The van der Waals surface area contributed by atoms with Crippen molar-refractivity contribution in [2.24, 2.45) is 5.92 Å². The summed E-state index contributed by atoms with van der Waals surface area (Å²) in [4.78, 5) is 37.4. The topological polar surface area (TPSA) is 88.1 Å². The maximum absolute atomic E-state index is 13.8. The highest BCUT2D eigenvalue weighted by molar-refractivity contribution is 6.35. The second kappa shape index (κ2) is 8.56. The highest BCUT2D eigenvalue weighted by atomic mass is 35.5. The molecule has 0 bridgehead atoms. The first-order valence-corrected chi connectivity index (χ1v) is 10.8. The average molecular weight is 471 g/mol. The van der Waals surface area contributed by atoms with Gasteiger partial charge in [-0.25, -0.2) is 0 Å². The van der Waals surface area contributed by atoms with Crippen LogP contribution in [-0.4, -0.2) is 37.2 Å². The molecule has 0 saturated heterocycles. The average Bonchev–Trinajstić information content (AvgIpc) is 3.11. The number of benzene rings is 2. The quantitative estimate of drug-likeness (QED) is 0.571. The molecule has 7 nitrogen and oxygen atoms in total. The molecule has 2 aromatic carbocycles. The lowest BCUT2D eigenvalue weighted by Gasteiger charge is -2.36. The van der Waals surface area contributed by atoms with E-state index < -0.39 is 17.3 Å². The van der Waals surface area contributed by atoms with E-state index in [9.17, 15) is 14.4 Å². The molecule has 4 rings (SSSR count). The molecule has 172 valence electrons. The Morgan fingerprint density at radius 2 is 1.85 bits per heavy atom. The standard InChI is InChI=1S/C25H23ClO7/c1-13-9-17(28)10-20(31-4)25(13)24(29)21-18(11-19(30-3)22(26)23(21)33-25)32-12-15-5-7-16(8-6-15)14(2)27/h5-8,10-11,13H,9,12H2,1-4H3/t13-,25+/m1/s1. The van der Waals surface area contributed by atoms with Crippen molar-refractivity contribution in [3.63, 3.8) is 0 Å². The minimum Gasteiger partial charge on any atom is -0.496 e. The van der Waals surface area contributed by atoms with Crippen molar-refractivity contribution in [3.8, 4) is 17.2 Å². The van der Waals surface area contributed by atoms with Gasteiger partial charge in [-0.2, -0.15) is 0 Å². The summed E-state index contributed by atoms with van der Waals surface area (Å²) in [5, 5.41) is 0.135. The van der Waals surface area contributed by atoms with E-state index in [1.165, 1.54) is 27.2 Å². The summed E-state index contributed by atoms with van der Waals surface area (Å²) in [5.41, 5.74) is 0.0589. The fourth-order valence-corrected chi connectivity index (χ4v) is 4.51. The molecule has 0 fully saturated rings. The first-order chi connectivity index (χ1) is 15.7. The molecule has 0 aromatic heterocycles. The predicted octanol–water partition coefficient (Wildman–Crippen LogP) is 4.58. The first kappa shape index (κ1) is 22.9. The van der Waals surface area contributed by atoms with Crippen LogP contribution in [0.3, 0.4) is 0 Å². The van der Waals surface area contributed by atoms with Gasteiger partial charge in [0.15, 0.2) is 23.1 Å². The van der Waals surface area contributed by atoms with Crippen LogP contribution in [0.25, 0.3) is 0 Å². The molecule has 1 aliphatic carbocycles.